The van der Waals surface area contributed by atoms with Gasteiger partial charge in [0, 0.05) is 45.0 Å². The van der Waals surface area contributed by atoms with Crippen molar-refractivity contribution in [3.8, 4) is 0 Å². The SMILES string of the molecule is CNCc1ccc(N2CCN(CCO)CC2)cc1C. The maximum absolute atomic E-state index is 8.96. The van der Waals surface area contributed by atoms with Gasteiger partial charge in [-0.1, -0.05) is 6.07 Å². The number of anilines is 1. The molecule has 0 amide bonds. The Bertz CT molecular complexity index is 400. The topological polar surface area (TPSA) is 38.7 Å². The first-order valence-electron chi connectivity index (χ1n) is 7.07. The highest BCUT2D eigenvalue weighted by molar-refractivity contribution is 5.51. The van der Waals surface area contributed by atoms with Crippen molar-refractivity contribution in [2.24, 2.45) is 0 Å². The average Bonchev–Trinajstić information content (AvgIpc) is 2.43. The van der Waals surface area contributed by atoms with E-state index in [9.17, 15) is 0 Å². The molecule has 106 valence electrons. The summed E-state index contributed by atoms with van der Waals surface area (Å²) >= 11 is 0. The highest BCUT2D eigenvalue weighted by Gasteiger charge is 2.16. The summed E-state index contributed by atoms with van der Waals surface area (Å²) in [6.45, 7) is 8.34. The van der Waals surface area contributed by atoms with E-state index in [2.05, 4.69) is 40.2 Å². The number of nitrogens with one attached hydrogen (secondary N) is 1. The number of nitrogens with zero attached hydrogens (tertiary/aromatic N) is 2. The van der Waals surface area contributed by atoms with E-state index in [1.165, 1.54) is 16.8 Å². The molecule has 0 radical (unpaired) electrons. The lowest BCUT2D eigenvalue weighted by Crippen LogP contribution is -2.47. The van der Waals surface area contributed by atoms with Crippen LogP contribution in [0, 0.1) is 6.92 Å². The lowest BCUT2D eigenvalue weighted by molar-refractivity contribution is 0.189. The summed E-state index contributed by atoms with van der Waals surface area (Å²) in [6, 6.07) is 6.73. The van der Waals surface area contributed by atoms with E-state index in [4.69, 9.17) is 5.11 Å². The van der Waals surface area contributed by atoms with Crippen LogP contribution in [-0.2, 0) is 6.54 Å². The zero-order valence-electron chi connectivity index (χ0n) is 12.0. The Kier molecular flexibility index (Phi) is 5.19. The van der Waals surface area contributed by atoms with Gasteiger partial charge in [-0.15, -0.1) is 0 Å². The third kappa shape index (κ3) is 3.69. The molecule has 0 aromatic heterocycles. The van der Waals surface area contributed by atoms with Gasteiger partial charge < -0.3 is 15.3 Å². The summed E-state index contributed by atoms with van der Waals surface area (Å²) in [7, 11) is 1.98. The fourth-order valence-corrected chi connectivity index (χ4v) is 2.64. The van der Waals surface area contributed by atoms with Crippen molar-refractivity contribution in [1.82, 2.24) is 10.2 Å². The molecule has 19 heavy (non-hydrogen) atoms. The lowest BCUT2D eigenvalue weighted by atomic mass is 10.1. The van der Waals surface area contributed by atoms with Crippen LogP contribution in [0.15, 0.2) is 18.2 Å². The predicted molar refractivity (Wildman–Crippen MR) is 79.7 cm³/mol. The summed E-state index contributed by atoms with van der Waals surface area (Å²) < 4.78 is 0. The number of benzene rings is 1. The Morgan fingerprint density at radius 2 is 1.95 bits per heavy atom. The summed E-state index contributed by atoms with van der Waals surface area (Å²) in [5, 5.41) is 12.2. The summed E-state index contributed by atoms with van der Waals surface area (Å²) in [5.41, 5.74) is 4.04. The van der Waals surface area contributed by atoms with Crippen molar-refractivity contribution in [2.45, 2.75) is 13.5 Å². The number of hydrogen-bond donors (Lipinski definition) is 2. The number of rotatable bonds is 5. The molecule has 1 fully saturated rings. The first-order valence-corrected chi connectivity index (χ1v) is 7.07. The van der Waals surface area contributed by atoms with E-state index >= 15 is 0 Å². The van der Waals surface area contributed by atoms with E-state index < -0.39 is 0 Å². The van der Waals surface area contributed by atoms with E-state index in [1.54, 1.807) is 0 Å². The minimum Gasteiger partial charge on any atom is -0.395 e. The molecule has 1 aliphatic heterocycles. The molecule has 1 aromatic carbocycles. The van der Waals surface area contributed by atoms with Crippen molar-refractivity contribution in [3.63, 3.8) is 0 Å². The van der Waals surface area contributed by atoms with Crippen LogP contribution < -0.4 is 10.2 Å². The van der Waals surface area contributed by atoms with Crippen LogP contribution in [0.3, 0.4) is 0 Å². The molecule has 1 saturated heterocycles. The molecule has 1 heterocycles. The molecule has 4 nitrogen and oxygen atoms in total. The Hall–Kier alpha value is -1.10. The van der Waals surface area contributed by atoms with Gasteiger partial charge in [0.15, 0.2) is 0 Å². The number of β-amino-alcohol motifs (C(OH)–C–C–N with tert-alkyl or cyclic N) is 1. The van der Waals surface area contributed by atoms with Crippen LogP contribution in [0.4, 0.5) is 5.69 Å². The Morgan fingerprint density at radius 1 is 1.21 bits per heavy atom. The summed E-state index contributed by atoms with van der Waals surface area (Å²) in [6.07, 6.45) is 0. The average molecular weight is 263 g/mol. The Labute approximate surface area is 116 Å². The molecular weight excluding hydrogens is 238 g/mol. The number of hydrogen-bond acceptors (Lipinski definition) is 4. The second kappa shape index (κ2) is 6.89. The molecule has 4 heteroatoms. The fourth-order valence-electron chi connectivity index (χ4n) is 2.64. The minimum atomic E-state index is 0.262. The number of piperazine rings is 1. The highest BCUT2D eigenvalue weighted by Crippen LogP contribution is 2.20. The van der Waals surface area contributed by atoms with Gasteiger partial charge in [-0.25, -0.2) is 0 Å². The van der Waals surface area contributed by atoms with Gasteiger partial charge in [-0.3, -0.25) is 4.90 Å². The van der Waals surface area contributed by atoms with Crippen LogP contribution in [0.5, 0.6) is 0 Å². The third-order valence-corrected chi connectivity index (χ3v) is 3.85. The van der Waals surface area contributed by atoms with Crippen LogP contribution >= 0.6 is 0 Å². The van der Waals surface area contributed by atoms with Gasteiger partial charge in [-0.05, 0) is 37.2 Å². The molecule has 2 N–H and O–H groups in total. The molecule has 1 aliphatic rings. The maximum Gasteiger partial charge on any atom is 0.0558 e. The van der Waals surface area contributed by atoms with Gasteiger partial charge >= 0.3 is 0 Å². The fraction of sp³-hybridized carbons (Fsp3) is 0.600. The second-order valence-electron chi connectivity index (χ2n) is 5.19. The van der Waals surface area contributed by atoms with Gasteiger partial charge in [0.25, 0.3) is 0 Å². The van der Waals surface area contributed by atoms with Gasteiger partial charge in [0.2, 0.25) is 0 Å². The van der Waals surface area contributed by atoms with E-state index in [0.717, 1.165) is 39.3 Å². The molecule has 1 aromatic rings. The first kappa shape index (κ1) is 14.3. The minimum absolute atomic E-state index is 0.262. The van der Waals surface area contributed by atoms with Crippen molar-refractivity contribution in [2.75, 3.05) is 51.3 Å². The van der Waals surface area contributed by atoms with Crippen LogP contribution in [-0.4, -0.2) is 56.4 Å². The standard InChI is InChI=1S/C15H25N3O/c1-13-11-15(4-3-14(13)12-16-2)18-7-5-17(6-8-18)9-10-19/h3-4,11,16,19H,5-10,12H2,1-2H3. The highest BCUT2D eigenvalue weighted by atomic mass is 16.3. The van der Waals surface area contributed by atoms with Crippen LogP contribution in [0.2, 0.25) is 0 Å². The zero-order chi connectivity index (χ0) is 13.7. The molecule has 0 atom stereocenters. The Morgan fingerprint density at radius 3 is 2.53 bits per heavy atom. The second-order valence-corrected chi connectivity index (χ2v) is 5.19. The van der Waals surface area contributed by atoms with Gasteiger partial charge in [0.05, 0.1) is 6.61 Å². The van der Waals surface area contributed by atoms with E-state index in [0.29, 0.717) is 0 Å². The van der Waals surface area contributed by atoms with Gasteiger partial charge in [-0.2, -0.15) is 0 Å². The smallest absolute Gasteiger partial charge is 0.0558 e. The number of aliphatic hydroxyl groups is 1. The molecule has 0 bridgehead atoms. The monoisotopic (exact) mass is 263 g/mol. The van der Waals surface area contributed by atoms with Crippen molar-refractivity contribution >= 4 is 5.69 Å². The molecular formula is C15H25N3O. The number of aryl methyl sites for hydroxylation is 1. The quantitative estimate of drug-likeness (QED) is 0.825. The molecule has 0 unspecified atom stereocenters. The van der Waals surface area contributed by atoms with Crippen molar-refractivity contribution in [1.29, 1.82) is 0 Å². The molecule has 2 rings (SSSR count). The summed E-state index contributed by atoms with van der Waals surface area (Å²) in [5.74, 6) is 0. The normalized spacial score (nSPS) is 16.9. The van der Waals surface area contributed by atoms with Gasteiger partial charge in [0.1, 0.15) is 0 Å². The van der Waals surface area contributed by atoms with Crippen LogP contribution in [0.25, 0.3) is 0 Å². The first-order chi connectivity index (χ1) is 9.24. The largest absolute Gasteiger partial charge is 0.395 e. The van der Waals surface area contributed by atoms with Crippen molar-refractivity contribution in [3.05, 3.63) is 29.3 Å². The van der Waals surface area contributed by atoms with E-state index in [-0.39, 0.29) is 6.61 Å². The summed E-state index contributed by atoms with van der Waals surface area (Å²) in [4.78, 5) is 4.75. The molecule has 0 spiro atoms. The van der Waals surface area contributed by atoms with E-state index in [1.807, 2.05) is 7.05 Å². The zero-order valence-corrected chi connectivity index (χ0v) is 12.0. The maximum atomic E-state index is 8.96. The third-order valence-electron chi connectivity index (χ3n) is 3.85. The van der Waals surface area contributed by atoms with Crippen molar-refractivity contribution < 1.29 is 5.11 Å². The van der Waals surface area contributed by atoms with Crippen LogP contribution in [0.1, 0.15) is 11.1 Å². The predicted octanol–water partition coefficient (Wildman–Crippen LogP) is 0.829. The molecule has 0 saturated carbocycles. The Balaban J connectivity index is 1.97. The lowest BCUT2D eigenvalue weighted by Gasteiger charge is -2.36. The molecule has 0 aliphatic carbocycles. The number of aliphatic hydroxyl groups excluding tert-OH is 1.